The monoisotopic (exact) mass is 246 g/mol. The van der Waals surface area contributed by atoms with E-state index in [2.05, 4.69) is 17.9 Å². The van der Waals surface area contributed by atoms with Crippen molar-refractivity contribution in [3.63, 3.8) is 0 Å². The minimum atomic E-state index is -0.203. The van der Waals surface area contributed by atoms with Crippen LogP contribution in [0.5, 0.6) is 0 Å². The molecule has 96 valence electrons. The normalized spacial score (nSPS) is 14.8. The van der Waals surface area contributed by atoms with Crippen molar-refractivity contribution in [3.05, 3.63) is 35.1 Å². The van der Waals surface area contributed by atoms with E-state index in [9.17, 15) is 4.39 Å². The van der Waals surface area contributed by atoms with Gasteiger partial charge in [0.2, 0.25) is 0 Å². The molecule has 0 unspecified atom stereocenters. The highest BCUT2D eigenvalue weighted by Gasteiger charge is 2.24. The number of nitriles is 1. The standard InChI is InChI=1S/C15H19FN2/c1-2-7-18(10-12-3-4-12)11-14-8-13(9-17)5-6-15(14)16/h5-6,8,12H,2-4,7,10-11H2,1H3. The molecule has 1 aromatic carbocycles. The van der Waals surface area contributed by atoms with Crippen molar-refractivity contribution in [1.82, 2.24) is 4.90 Å². The highest BCUT2D eigenvalue weighted by atomic mass is 19.1. The van der Waals surface area contributed by atoms with Gasteiger partial charge in [0.25, 0.3) is 0 Å². The zero-order valence-corrected chi connectivity index (χ0v) is 10.8. The van der Waals surface area contributed by atoms with E-state index < -0.39 is 0 Å². The van der Waals surface area contributed by atoms with Crippen LogP contribution in [0.25, 0.3) is 0 Å². The molecule has 0 spiro atoms. The molecule has 3 heteroatoms. The molecule has 0 radical (unpaired) electrons. The quantitative estimate of drug-likeness (QED) is 0.770. The van der Waals surface area contributed by atoms with Crippen LogP contribution in [0.3, 0.4) is 0 Å². The van der Waals surface area contributed by atoms with Gasteiger partial charge >= 0.3 is 0 Å². The first-order valence-electron chi connectivity index (χ1n) is 6.63. The average molecular weight is 246 g/mol. The van der Waals surface area contributed by atoms with E-state index in [1.807, 2.05) is 0 Å². The van der Waals surface area contributed by atoms with Crippen LogP contribution in [-0.2, 0) is 6.54 Å². The van der Waals surface area contributed by atoms with E-state index in [1.54, 1.807) is 6.07 Å². The van der Waals surface area contributed by atoms with Crippen molar-refractivity contribution in [2.45, 2.75) is 32.7 Å². The van der Waals surface area contributed by atoms with Crippen LogP contribution < -0.4 is 0 Å². The molecule has 1 aliphatic rings. The Morgan fingerprint density at radius 2 is 2.22 bits per heavy atom. The summed E-state index contributed by atoms with van der Waals surface area (Å²) >= 11 is 0. The predicted molar refractivity (Wildman–Crippen MR) is 69.4 cm³/mol. The molecule has 2 nitrogen and oxygen atoms in total. The largest absolute Gasteiger partial charge is 0.299 e. The van der Waals surface area contributed by atoms with Gasteiger partial charge in [0.15, 0.2) is 0 Å². The molecular formula is C15H19FN2. The Kier molecular flexibility index (Phi) is 4.33. The molecule has 0 atom stereocenters. The lowest BCUT2D eigenvalue weighted by atomic mass is 10.1. The van der Waals surface area contributed by atoms with Gasteiger partial charge in [0, 0.05) is 18.7 Å². The summed E-state index contributed by atoms with van der Waals surface area (Å²) in [7, 11) is 0. The van der Waals surface area contributed by atoms with Crippen molar-refractivity contribution in [3.8, 4) is 6.07 Å². The van der Waals surface area contributed by atoms with Crippen LogP contribution in [0.4, 0.5) is 4.39 Å². The van der Waals surface area contributed by atoms with Gasteiger partial charge < -0.3 is 0 Å². The molecule has 1 fully saturated rings. The molecule has 1 saturated carbocycles. The van der Waals surface area contributed by atoms with Gasteiger partial charge in [0.05, 0.1) is 11.6 Å². The Morgan fingerprint density at radius 3 is 2.83 bits per heavy atom. The third-order valence-electron chi connectivity index (χ3n) is 3.32. The van der Waals surface area contributed by atoms with Gasteiger partial charge in [-0.25, -0.2) is 4.39 Å². The van der Waals surface area contributed by atoms with Crippen LogP contribution in [-0.4, -0.2) is 18.0 Å². The molecule has 1 aromatic rings. The van der Waals surface area contributed by atoms with Crippen LogP contribution in [0, 0.1) is 23.1 Å². The van der Waals surface area contributed by atoms with Crippen LogP contribution >= 0.6 is 0 Å². The highest BCUT2D eigenvalue weighted by molar-refractivity contribution is 5.33. The summed E-state index contributed by atoms with van der Waals surface area (Å²) in [6.45, 7) is 4.81. The SMILES string of the molecule is CCCN(Cc1cc(C#N)ccc1F)CC1CC1. The van der Waals surface area contributed by atoms with E-state index in [0.717, 1.165) is 25.4 Å². The molecule has 0 bridgehead atoms. The fraction of sp³-hybridized carbons (Fsp3) is 0.533. The summed E-state index contributed by atoms with van der Waals surface area (Å²) in [6.07, 6.45) is 3.69. The summed E-state index contributed by atoms with van der Waals surface area (Å²) < 4.78 is 13.7. The van der Waals surface area contributed by atoms with Gasteiger partial charge in [-0.1, -0.05) is 6.92 Å². The summed E-state index contributed by atoms with van der Waals surface area (Å²) in [4.78, 5) is 2.30. The summed E-state index contributed by atoms with van der Waals surface area (Å²) in [6, 6.07) is 6.67. The molecule has 0 amide bonds. The topological polar surface area (TPSA) is 27.0 Å². The van der Waals surface area contributed by atoms with E-state index in [0.29, 0.717) is 17.7 Å². The lowest BCUT2D eigenvalue weighted by Crippen LogP contribution is -2.26. The molecule has 0 aromatic heterocycles. The summed E-state index contributed by atoms with van der Waals surface area (Å²) in [5, 5.41) is 8.86. The van der Waals surface area contributed by atoms with Crippen molar-refractivity contribution < 1.29 is 4.39 Å². The van der Waals surface area contributed by atoms with Gasteiger partial charge in [-0.2, -0.15) is 5.26 Å². The molecule has 1 aliphatic carbocycles. The number of halogens is 1. The number of hydrogen-bond acceptors (Lipinski definition) is 2. The van der Waals surface area contributed by atoms with Crippen molar-refractivity contribution >= 4 is 0 Å². The Bertz CT molecular complexity index is 446. The molecule has 2 rings (SSSR count). The Labute approximate surface area is 108 Å². The molecule has 18 heavy (non-hydrogen) atoms. The van der Waals surface area contributed by atoms with Crippen LogP contribution in [0.1, 0.15) is 37.3 Å². The number of nitrogens with zero attached hydrogens (tertiary/aromatic N) is 2. The summed E-state index contributed by atoms with van der Waals surface area (Å²) in [5.41, 5.74) is 1.18. The second-order valence-corrected chi connectivity index (χ2v) is 5.10. The Balaban J connectivity index is 2.06. The van der Waals surface area contributed by atoms with Crippen molar-refractivity contribution in [2.24, 2.45) is 5.92 Å². The van der Waals surface area contributed by atoms with Gasteiger partial charge in [-0.15, -0.1) is 0 Å². The molecule has 0 saturated heterocycles. The minimum absolute atomic E-state index is 0.203. The zero-order chi connectivity index (χ0) is 13.0. The molecule has 0 heterocycles. The number of rotatable bonds is 6. The number of benzene rings is 1. The third kappa shape index (κ3) is 3.54. The van der Waals surface area contributed by atoms with Crippen molar-refractivity contribution in [1.29, 1.82) is 5.26 Å². The van der Waals surface area contributed by atoms with Crippen LogP contribution in [0.2, 0.25) is 0 Å². The van der Waals surface area contributed by atoms with Gasteiger partial charge in [-0.3, -0.25) is 4.90 Å². The first-order valence-corrected chi connectivity index (χ1v) is 6.63. The van der Waals surface area contributed by atoms with E-state index >= 15 is 0 Å². The van der Waals surface area contributed by atoms with Crippen LogP contribution in [0.15, 0.2) is 18.2 Å². The van der Waals surface area contributed by atoms with E-state index in [4.69, 9.17) is 5.26 Å². The molecule has 0 N–H and O–H groups in total. The van der Waals surface area contributed by atoms with Gasteiger partial charge in [0.1, 0.15) is 5.82 Å². The Hall–Kier alpha value is -1.40. The summed E-state index contributed by atoms with van der Waals surface area (Å²) in [5.74, 6) is 0.602. The van der Waals surface area contributed by atoms with E-state index in [1.165, 1.54) is 25.0 Å². The predicted octanol–water partition coefficient (Wildman–Crippen LogP) is 3.32. The Morgan fingerprint density at radius 1 is 1.44 bits per heavy atom. The zero-order valence-electron chi connectivity index (χ0n) is 10.8. The van der Waals surface area contributed by atoms with Gasteiger partial charge in [-0.05, 0) is 49.9 Å². The second kappa shape index (κ2) is 5.97. The lowest BCUT2D eigenvalue weighted by molar-refractivity contribution is 0.251. The smallest absolute Gasteiger partial charge is 0.127 e. The third-order valence-corrected chi connectivity index (χ3v) is 3.32. The maximum absolute atomic E-state index is 13.7. The lowest BCUT2D eigenvalue weighted by Gasteiger charge is -2.21. The number of hydrogen-bond donors (Lipinski definition) is 0. The average Bonchev–Trinajstić information content (AvgIpc) is 3.16. The first kappa shape index (κ1) is 13.0. The minimum Gasteiger partial charge on any atom is -0.299 e. The fourth-order valence-electron chi connectivity index (χ4n) is 2.22. The van der Waals surface area contributed by atoms with E-state index in [-0.39, 0.29) is 5.82 Å². The molecular weight excluding hydrogens is 227 g/mol. The van der Waals surface area contributed by atoms with Crippen molar-refractivity contribution in [2.75, 3.05) is 13.1 Å². The highest BCUT2D eigenvalue weighted by Crippen LogP contribution is 2.30. The maximum atomic E-state index is 13.7. The second-order valence-electron chi connectivity index (χ2n) is 5.10. The molecule has 0 aliphatic heterocycles. The maximum Gasteiger partial charge on any atom is 0.127 e. The fourth-order valence-corrected chi connectivity index (χ4v) is 2.22. The first-order chi connectivity index (χ1) is 8.72.